The number of carbonyl (C=O) groups is 3. The average Bonchev–Trinajstić information content (AvgIpc) is 2.52. The van der Waals surface area contributed by atoms with Gasteiger partial charge in [0.15, 0.2) is 0 Å². The number of esters is 2. The molecule has 0 saturated heterocycles. The Balaban J connectivity index is 4.13. The lowest BCUT2D eigenvalue weighted by atomic mass is 10.3. The maximum absolute atomic E-state index is 12.0. The van der Waals surface area contributed by atoms with Crippen molar-refractivity contribution in [1.82, 2.24) is 4.90 Å². The SMILES string of the molecule is COCCN(CCOC)C(=O)CCOC(=O)/C=C/C(=O)OC. The Kier molecular flexibility index (Phi) is 11.7. The highest BCUT2D eigenvalue weighted by Gasteiger charge is 2.13. The van der Waals surface area contributed by atoms with Crippen LogP contribution >= 0.6 is 0 Å². The van der Waals surface area contributed by atoms with Crippen molar-refractivity contribution in [2.75, 3.05) is 54.2 Å². The van der Waals surface area contributed by atoms with Gasteiger partial charge in [0.2, 0.25) is 5.91 Å². The van der Waals surface area contributed by atoms with Gasteiger partial charge in [-0.15, -0.1) is 0 Å². The molecule has 0 aliphatic carbocycles. The number of rotatable bonds is 11. The summed E-state index contributed by atoms with van der Waals surface area (Å²) in [6.07, 6.45) is 1.95. The molecule has 1 amide bonds. The molecule has 0 unspecified atom stereocenters. The summed E-state index contributed by atoms with van der Waals surface area (Å²) < 4.78 is 19.0. The minimum atomic E-state index is -0.710. The molecule has 0 saturated carbocycles. The van der Waals surface area contributed by atoms with Gasteiger partial charge in [-0.3, -0.25) is 4.79 Å². The number of methoxy groups -OCH3 is 3. The van der Waals surface area contributed by atoms with Crippen LogP contribution in [0.5, 0.6) is 0 Å². The van der Waals surface area contributed by atoms with Crippen LogP contribution in [0.2, 0.25) is 0 Å². The smallest absolute Gasteiger partial charge is 0.331 e. The van der Waals surface area contributed by atoms with Crippen molar-refractivity contribution in [3.05, 3.63) is 12.2 Å². The zero-order chi connectivity index (χ0) is 16.8. The number of amides is 1. The van der Waals surface area contributed by atoms with Crippen LogP contribution in [0.3, 0.4) is 0 Å². The predicted octanol–water partition coefficient (Wildman–Crippen LogP) is -0.230. The zero-order valence-corrected chi connectivity index (χ0v) is 13.2. The first-order chi connectivity index (χ1) is 10.5. The first-order valence-electron chi connectivity index (χ1n) is 6.73. The topological polar surface area (TPSA) is 91.4 Å². The number of hydrogen-bond acceptors (Lipinski definition) is 7. The summed E-state index contributed by atoms with van der Waals surface area (Å²) in [5.74, 6) is -1.53. The Morgan fingerprint density at radius 2 is 1.41 bits per heavy atom. The second-order valence-corrected chi connectivity index (χ2v) is 4.14. The molecular weight excluding hydrogens is 294 g/mol. The molecule has 0 aliphatic heterocycles. The van der Waals surface area contributed by atoms with Crippen LogP contribution in [0.4, 0.5) is 0 Å². The van der Waals surface area contributed by atoms with Gasteiger partial charge in [-0.05, 0) is 0 Å². The third-order valence-electron chi connectivity index (χ3n) is 2.60. The highest BCUT2D eigenvalue weighted by Crippen LogP contribution is 1.97. The van der Waals surface area contributed by atoms with Gasteiger partial charge in [-0.1, -0.05) is 0 Å². The molecule has 8 nitrogen and oxygen atoms in total. The van der Waals surface area contributed by atoms with E-state index in [2.05, 4.69) is 4.74 Å². The Bertz CT molecular complexity index is 373. The maximum atomic E-state index is 12.0. The van der Waals surface area contributed by atoms with Crippen molar-refractivity contribution in [2.45, 2.75) is 6.42 Å². The summed E-state index contributed by atoms with van der Waals surface area (Å²) in [5.41, 5.74) is 0. The van der Waals surface area contributed by atoms with Crippen molar-refractivity contribution in [1.29, 1.82) is 0 Å². The van der Waals surface area contributed by atoms with Crippen LogP contribution in [0.1, 0.15) is 6.42 Å². The molecule has 8 heteroatoms. The van der Waals surface area contributed by atoms with Crippen LogP contribution in [0, 0.1) is 0 Å². The zero-order valence-electron chi connectivity index (χ0n) is 13.2. The van der Waals surface area contributed by atoms with Crippen molar-refractivity contribution in [2.24, 2.45) is 0 Å². The second-order valence-electron chi connectivity index (χ2n) is 4.14. The minimum absolute atomic E-state index is 0.0469. The number of nitrogens with zero attached hydrogens (tertiary/aromatic N) is 1. The third-order valence-corrected chi connectivity index (χ3v) is 2.60. The summed E-state index contributed by atoms with van der Waals surface area (Å²) >= 11 is 0. The molecule has 0 atom stereocenters. The fourth-order valence-electron chi connectivity index (χ4n) is 1.41. The molecular formula is C14H23NO7. The van der Waals surface area contributed by atoms with Gasteiger partial charge in [0.1, 0.15) is 6.61 Å². The average molecular weight is 317 g/mol. The Labute approximate surface area is 129 Å². The molecule has 0 heterocycles. The van der Waals surface area contributed by atoms with E-state index in [0.717, 1.165) is 12.2 Å². The van der Waals surface area contributed by atoms with E-state index < -0.39 is 11.9 Å². The van der Waals surface area contributed by atoms with Gasteiger partial charge in [0.25, 0.3) is 0 Å². The molecule has 0 radical (unpaired) electrons. The highest BCUT2D eigenvalue weighted by molar-refractivity contribution is 5.91. The monoisotopic (exact) mass is 317 g/mol. The van der Waals surface area contributed by atoms with Crippen LogP contribution in [0.25, 0.3) is 0 Å². The van der Waals surface area contributed by atoms with Crippen molar-refractivity contribution < 1.29 is 33.3 Å². The van der Waals surface area contributed by atoms with E-state index in [-0.39, 0.29) is 18.9 Å². The van der Waals surface area contributed by atoms with Crippen molar-refractivity contribution in [3.8, 4) is 0 Å². The van der Waals surface area contributed by atoms with E-state index in [1.165, 1.54) is 7.11 Å². The maximum Gasteiger partial charge on any atom is 0.331 e. The minimum Gasteiger partial charge on any atom is -0.466 e. The molecule has 0 aromatic rings. The van der Waals surface area contributed by atoms with E-state index in [1.807, 2.05) is 0 Å². The molecule has 126 valence electrons. The number of ether oxygens (including phenoxy) is 4. The van der Waals surface area contributed by atoms with E-state index in [0.29, 0.717) is 26.3 Å². The van der Waals surface area contributed by atoms with E-state index in [1.54, 1.807) is 19.1 Å². The largest absolute Gasteiger partial charge is 0.466 e. The van der Waals surface area contributed by atoms with Gasteiger partial charge in [0, 0.05) is 39.5 Å². The molecule has 0 aliphatic rings. The van der Waals surface area contributed by atoms with Crippen molar-refractivity contribution >= 4 is 17.8 Å². The normalized spacial score (nSPS) is 10.5. The highest BCUT2D eigenvalue weighted by atomic mass is 16.5. The Hall–Kier alpha value is -1.93. The summed E-state index contributed by atoms with van der Waals surface area (Å²) in [6, 6.07) is 0. The van der Waals surface area contributed by atoms with E-state index in [9.17, 15) is 14.4 Å². The summed E-state index contributed by atoms with van der Waals surface area (Å²) in [7, 11) is 4.30. The van der Waals surface area contributed by atoms with Crippen molar-refractivity contribution in [3.63, 3.8) is 0 Å². The number of carbonyl (C=O) groups excluding carboxylic acids is 3. The van der Waals surface area contributed by atoms with E-state index in [4.69, 9.17) is 14.2 Å². The molecule has 0 aromatic heterocycles. The van der Waals surface area contributed by atoms with Crippen LogP contribution < -0.4 is 0 Å². The first kappa shape index (κ1) is 20.1. The lowest BCUT2D eigenvalue weighted by molar-refractivity contribution is -0.141. The van der Waals surface area contributed by atoms with Crippen LogP contribution in [-0.4, -0.2) is 77.0 Å². The standard InChI is InChI=1S/C14H23NO7/c1-19-10-7-15(8-11-20-2)12(16)6-9-22-14(18)5-4-13(17)21-3/h4-5H,6-11H2,1-3H3/b5-4+. The predicted molar refractivity (Wildman–Crippen MR) is 77.1 cm³/mol. The van der Waals surface area contributed by atoms with E-state index >= 15 is 0 Å². The molecule has 0 aromatic carbocycles. The quantitative estimate of drug-likeness (QED) is 0.384. The second kappa shape index (κ2) is 12.8. The van der Waals surface area contributed by atoms with Gasteiger partial charge < -0.3 is 23.8 Å². The Morgan fingerprint density at radius 3 is 1.91 bits per heavy atom. The summed E-state index contributed by atoms with van der Waals surface area (Å²) in [6.45, 7) is 1.64. The summed E-state index contributed by atoms with van der Waals surface area (Å²) in [5, 5.41) is 0. The molecule has 0 rings (SSSR count). The number of hydrogen-bond donors (Lipinski definition) is 0. The van der Waals surface area contributed by atoms with Gasteiger partial charge in [0.05, 0.1) is 26.7 Å². The first-order valence-corrected chi connectivity index (χ1v) is 6.73. The summed E-state index contributed by atoms with van der Waals surface area (Å²) in [4.78, 5) is 35.6. The third kappa shape index (κ3) is 9.89. The fourth-order valence-corrected chi connectivity index (χ4v) is 1.41. The van der Waals surface area contributed by atoms with Crippen LogP contribution in [-0.2, 0) is 33.3 Å². The molecule has 0 fully saturated rings. The van der Waals surface area contributed by atoms with Gasteiger partial charge in [-0.25, -0.2) is 9.59 Å². The van der Waals surface area contributed by atoms with Gasteiger partial charge >= 0.3 is 11.9 Å². The lowest BCUT2D eigenvalue weighted by Crippen LogP contribution is -2.37. The fraction of sp³-hybridized carbons (Fsp3) is 0.643. The molecule has 0 N–H and O–H groups in total. The molecule has 0 bridgehead atoms. The molecule has 22 heavy (non-hydrogen) atoms. The van der Waals surface area contributed by atoms with Gasteiger partial charge in [-0.2, -0.15) is 0 Å². The van der Waals surface area contributed by atoms with Crippen LogP contribution in [0.15, 0.2) is 12.2 Å². The Morgan fingerprint density at radius 1 is 0.864 bits per heavy atom. The molecule has 0 spiro atoms. The lowest BCUT2D eigenvalue weighted by Gasteiger charge is -2.21.